The third-order valence-corrected chi connectivity index (χ3v) is 6.11. The number of para-hydroxylation sites is 1. The van der Waals surface area contributed by atoms with E-state index >= 15 is 0 Å². The van der Waals surface area contributed by atoms with E-state index in [0.717, 1.165) is 31.9 Å². The molecular formula is C20H17BrN4OS. The third-order valence-electron chi connectivity index (χ3n) is 4.27. The summed E-state index contributed by atoms with van der Waals surface area (Å²) < 4.78 is 2.99. The predicted molar refractivity (Wildman–Crippen MR) is 113 cm³/mol. The molecule has 0 saturated heterocycles. The molecule has 0 radical (unpaired) electrons. The number of hydrogen-bond donors (Lipinski definition) is 1. The zero-order chi connectivity index (χ0) is 18.8. The maximum atomic E-state index is 12.8. The first-order valence-electron chi connectivity index (χ1n) is 8.61. The molecule has 0 aliphatic carbocycles. The Morgan fingerprint density at radius 2 is 1.89 bits per heavy atom. The zero-order valence-electron chi connectivity index (χ0n) is 14.6. The lowest BCUT2D eigenvalue weighted by Crippen LogP contribution is -2.24. The second kappa shape index (κ2) is 7.70. The van der Waals surface area contributed by atoms with Crippen LogP contribution >= 0.6 is 27.7 Å². The molecule has 1 atom stereocenters. The highest BCUT2D eigenvalue weighted by molar-refractivity contribution is 9.10. The summed E-state index contributed by atoms with van der Waals surface area (Å²) in [5.74, 6) is -0.0400. The smallest absolute Gasteiger partial charge is 0.237 e. The van der Waals surface area contributed by atoms with Gasteiger partial charge >= 0.3 is 0 Å². The summed E-state index contributed by atoms with van der Waals surface area (Å²) in [6, 6.07) is 19.6. The van der Waals surface area contributed by atoms with Gasteiger partial charge in [-0.05, 0) is 54.3 Å². The van der Waals surface area contributed by atoms with Crippen LogP contribution in [0.1, 0.15) is 13.3 Å². The molecule has 1 unspecified atom stereocenters. The fourth-order valence-electron chi connectivity index (χ4n) is 2.89. The van der Waals surface area contributed by atoms with Gasteiger partial charge in [-0.2, -0.15) is 0 Å². The van der Waals surface area contributed by atoms with Crippen LogP contribution in [0.2, 0.25) is 0 Å². The number of nitrogens with zero attached hydrogens (tertiary/aromatic N) is 3. The van der Waals surface area contributed by atoms with Gasteiger partial charge in [0, 0.05) is 10.2 Å². The fraction of sp³-hybridized carbons (Fsp3) is 0.150. The van der Waals surface area contributed by atoms with Crippen molar-refractivity contribution in [1.29, 1.82) is 0 Å². The van der Waals surface area contributed by atoms with Crippen LogP contribution in [0.25, 0.3) is 16.6 Å². The van der Waals surface area contributed by atoms with E-state index in [1.54, 1.807) is 0 Å². The standard InChI is InChI=1S/C20H17BrN4OS/c1-2-17(19(26)22-15-10-8-14(21)9-11-15)27-20-24-23-18-12-7-13-5-3-4-6-16(13)25(18)20/h3-12,17H,2H2,1H3,(H,22,26). The summed E-state index contributed by atoms with van der Waals surface area (Å²) >= 11 is 4.84. The van der Waals surface area contributed by atoms with Crippen LogP contribution in [0, 0.1) is 0 Å². The monoisotopic (exact) mass is 440 g/mol. The van der Waals surface area contributed by atoms with Gasteiger partial charge in [-0.15, -0.1) is 10.2 Å². The summed E-state index contributed by atoms with van der Waals surface area (Å²) in [6.07, 6.45) is 0.687. The van der Waals surface area contributed by atoms with Crippen molar-refractivity contribution in [2.24, 2.45) is 0 Å². The summed E-state index contributed by atoms with van der Waals surface area (Å²) in [6.45, 7) is 2.00. The number of nitrogens with one attached hydrogen (secondary N) is 1. The van der Waals surface area contributed by atoms with E-state index in [1.807, 2.05) is 65.9 Å². The Morgan fingerprint density at radius 1 is 1.11 bits per heavy atom. The molecule has 2 aromatic carbocycles. The average Bonchev–Trinajstić information content (AvgIpc) is 3.11. The molecule has 136 valence electrons. The first-order chi connectivity index (χ1) is 13.2. The van der Waals surface area contributed by atoms with Crippen molar-refractivity contribution in [3.05, 3.63) is 65.1 Å². The van der Waals surface area contributed by atoms with Gasteiger partial charge in [-0.3, -0.25) is 9.20 Å². The van der Waals surface area contributed by atoms with Gasteiger partial charge in [0.1, 0.15) is 0 Å². The van der Waals surface area contributed by atoms with E-state index in [2.05, 4.69) is 37.5 Å². The molecule has 0 aliphatic rings. The number of benzene rings is 2. The van der Waals surface area contributed by atoms with Gasteiger partial charge in [0.15, 0.2) is 10.8 Å². The highest BCUT2D eigenvalue weighted by Crippen LogP contribution is 2.28. The van der Waals surface area contributed by atoms with E-state index in [-0.39, 0.29) is 11.2 Å². The van der Waals surface area contributed by atoms with Crippen molar-refractivity contribution >= 4 is 55.8 Å². The quantitative estimate of drug-likeness (QED) is 0.435. The lowest BCUT2D eigenvalue weighted by molar-refractivity contribution is -0.115. The number of carbonyl (C=O) groups is 1. The Bertz CT molecular complexity index is 1110. The number of aromatic nitrogens is 3. The van der Waals surface area contributed by atoms with Crippen LogP contribution < -0.4 is 5.32 Å². The molecule has 4 rings (SSSR count). The van der Waals surface area contributed by atoms with E-state index in [4.69, 9.17) is 0 Å². The maximum absolute atomic E-state index is 12.8. The second-order valence-electron chi connectivity index (χ2n) is 6.08. The van der Waals surface area contributed by atoms with Crippen molar-refractivity contribution in [3.63, 3.8) is 0 Å². The molecule has 2 heterocycles. The van der Waals surface area contributed by atoms with Crippen molar-refractivity contribution in [2.45, 2.75) is 23.8 Å². The number of amides is 1. The summed E-state index contributed by atoms with van der Waals surface area (Å²) in [7, 11) is 0. The summed E-state index contributed by atoms with van der Waals surface area (Å²) in [5, 5.41) is 13.1. The van der Waals surface area contributed by atoms with Gasteiger partial charge in [0.25, 0.3) is 0 Å². The first-order valence-corrected chi connectivity index (χ1v) is 10.3. The summed E-state index contributed by atoms with van der Waals surface area (Å²) in [4.78, 5) is 12.8. The number of carbonyl (C=O) groups excluding carboxylic acids is 1. The predicted octanol–water partition coefficient (Wildman–Crippen LogP) is 5.15. The van der Waals surface area contributed by atoms with Crippen LogP contribution in [-0.2, 0) is 4.79 Å². The Balaban J connectivity index is 1.62. The Hall–Kier alpha value is -2.38. The van der Waals surface area contributed by atoms with Crippen LogP contribution in [0.4, 0.5) is 5.69 Å². The van der Waals surface area contributed by atoms with Crippen LogP contribution in [0.15, 0.2) is 70.3 Å². The normalized spacial score (nSPS) is 12.4. The number of halogens is 1. The van der Waals surface area contributed by atoms with Gasteiger partial charge < -0.3 is 5.32 Å². The molecule has 1 N–H and O–H groups in total. The second-order valence-corrected chi connectivity index (χ2v) is 8.16. The van der Waals surface area contributed by atoms with E-state index in [0.29, 0.717) is 6.42 Å². The highest BCUT2D eigenvalue weighted by atomic mass is 79.9. The van der Waals surface area contributed by atoms with Gasteiger partial charge in [0.05, 0.1) is 10.8 Å². The molecule has 1 amide bonds. The molecule has 0 bridgehead atoms. The molecule has 27 heavy (non-hydrogen) atoms. The minimum atomic E-state index is -0.264. The lowest BCUT2D eigenvalue weighted by Gasteiger charge is -2.14. The number of pyridine rings is 1. The third kappa shape index (κ3) is 3.70. The van der Waals surface area contributed by atoms with Gasteiger partial charge in [-0.1, -0.05) is 52.8 Å². The zero-order valence-corrected chi connectivity index (χ0v) is 17.0. The largest absolute Gasteiger partial charge is 0.325 e. The maximum Gasteiger partial charge on any atom is 0.237 e. The fourth-order valence-corrected chi connectivity index (χ4v) is 4.13. The van der Waals surface area contributed by atoms with Crippen molar-refractivity contribution in [2.75, 3.05) is 5.32 Å². The summed E-state index contributed by atoms with van der Waals surface area (Å²) in [5.41, 5.74) is 2.59. The van der Waals surface area contributed by atoms with Gasteiger partial charge in [0.2, 0.25) is 5.91 Å². The highest BCUT2D eigenvalue weighted by Gasteiger charge is 2.21. The SMILES string of the molecule is CCC(Sc1nnc2ccc3ccccc3n12)C(=O)Nc1ccc(Br)cc1. The minimum absolute atomic E-state index is 0.0400. The molecule has 0 aliphatic heterocycles. The molecule has 5 nitrogen and oxygen atoms in total. The van der Waals surface area contributed by atoms with Crippen LogP contribution in [0.3, 0.4) is 0 Å². The average molecular weight is 441 g/mol. The van der Waals surface area contributed by atoms with E-state index in [1.165, 1.54) is 11.8 Å². The number of anilines is 1. The topological polar surface area (TPSA) is 59.3 Å². The molecule has 4 aromatic rings. The molecule has 0 saturated carbocycles. The Morgan fingerprint density at radius 3 is 2.67 bits per heavy atom. The first kappa shape index (κ1) is 18.0. The molecular weight excluding hydrogens is 424 g/mol. The Labute approximate surface area is 169 Å². The van der Waals surface area contributed by atoms with Crippen molar-refractivity contribution in [3.8, 4) is 0 Å². The molecule has 0 spiro atoms. The van der Waals surface area contributed by atoms with E-state index in [9.17, 15) is 4.79 Å². The van der Waals surface area contributed by atoms with Crippen LogP contribution in [-0.4, -0.2) is 25.8 Å². The number of rotatable bonds is 5. The van der Waals surface area contributed by atoms with Crippen molar-refractivity contribution < 1.29 is 4.79 Å². The number of fused-ring (bicyclic) bond motifs is 3. The molecule has 7 heteroatoms. The Kier molecular flexibility index (Phi) is 5.13. The van der Waals surface area contributed by atoms with Crippen LogP contribution in [0.5, 0.6) is 0 Å². The molecule has 0 fully saturated rings. The number of hydrogen-bond acceptors (Lipinski definition) is 4. The minimum Gasteiger partial charge on any atom is -0.325 e. The number of thioether (sulfide) groups is 1. The van der Waals surface area contributed by atoms with Crippen molar-refractivity contribution in [1.82, 2.24) is 14.6 Å². The van der Waals surface area contributed by atoms with E-state index < -0.39 is 0 Å². The lowest BCUT2D eigenvalue weighted by atomic mass is 10.2. The molecule has 2 aromatic heterocycles. The van der Waals surface area contributed by atoms with Gasteiger partial charge in [-0.25, -0.2) is 0 Å².